The van der Waals surface area contributed by atoms with Gasteiger partial charge in [0.15, 0.2) is 0 Å². The summed E-state index contributed by atoms with van der Waals surface area (Å²) in [6, 6.07) is 0. The molecule has 0 radical (unpaired) electrons. The Hall–Kier alpha value is -0.830. The molecule has 0 unspecified atom stereocenters. The van der Waals surface area contributed by atoms with Gasteiger partial charge in [0.05, 0.1) is 6.61 Å². The van der Waals surface area contributed by atoms with Crippen LogP contribution in [0.3, 0.4) is 0 Å². The van der Waals surface area contributed by atoms with Crippen LogP contribution >= 0.6 is 0 Å². The lowest BCUT2D eigenvalue weighted by Crippen LogP contribution is -2.09. The van der Waals surface area contributed by atoms with Crippen LogP contribution < -0.4 is 0 Å². The molecule has 19 heavy (non-hydrogen) atoms. The second-order valence-corrected chi connectivity index (χ2v) is 4.90. The van der Waals surface area contributed by atoms with Gasteiger partial charge in [-0.3, -0.25) is 0 Å². The number of unbranched alkanes of at least 4 members (excludes halogenated alkanes) is 8. The Kier molecular flexibility index (Phi) is 14.6. The summed E-state index contributed by atoms with van der Waals surface area (Å²) in [5, 5.41) is 8.43. The van der Waals surface area contributed by atoms with E-state index in [4.69, 9.17) is 9.84 Å². The molecular weight excluding hydrogens is 240 g/mol. The maximum absolute atomic E-state index is 10.6. The molecule has 112 valence electrons. The predicted molar refractivity (Wildman–Crippen MR) is 79.0 cm³/mol. The summed E-state index contributed by atoms with van der Waals surface area (Å²) in [4.78, 5) is 10.6. The van der Waals surface area contributed by atoms with Crippen molar-refractivity contribution in [3.63, 3.8) is 0 Å². The third-order valence-electron chi connectivity index (χ3n) is 3.07. The molecule has 0 rings (SSSR count). The van der Waals surface area contributed by atoms with Gasteiger partial charge in [0.2, 0.25) is 0 Å². The summed E-state index contributed by atoms with van der Waals surface area (Å²) >= 11 is 0. The van der Waals surface area contributed by atoms with Crippen LogP contribution in [0.1, 0.15) is 71.1 Å². The van der Waals surface area contributed by atoms with Gasteiger partial charge in [-0.2, -0.15) is 0 Å². The largest absolute Gasteiger partial charge is 0.464 e. The molecule has 0 aliphatic rings. The number of ether oxygens (including phenoxy) is 1. The van der Waals surface area contributed by atoms with Gasteiger partial charge in [0, 0.05) is 0 Å². The summed E-state index contributed by atoms with van der Waals surface area (Å²) in [7, 11) is 0. The fourth-order valence-corrected chi connectivity index (χ4v) is 1.92. The van der Waals surface area contributed by atoms with Crippen LogP contribution in [0.5, 0.6) is 0 Å². The van der Waals surface area contributed by atoms with E-state index in [1.54, 1.807) is 0 Å². The first-order chi connectivity index (χ1) is 9.31. The van der Waals surface area contributed by atoms with Crippen LogP contribution in [0.15, 0.2) is 12.2 Å². The van der Waals surface area contributed by atoms with Gasteiger partial charge in [-0.1, -0.05) is 64.0 Å². The normalized spacial score (nSPS) is 11.1. The van der Waals surface area contributed by atoms with Crippen LogP contribution in [0.4, 0.5) is 0 Å². The molecule has 0 saturated heterocycles. The first-order valence-corrected chi connectivity index (χ1v) is 7.72. The van der Waals surface area contributed by atoms with E-state index in [9.17, 15) is 4.79 Å². The number of esters is 1. The SMILES string of the molecule is CCCCCCCCCC/C=C/CCOC(=O)CO. The van der Waals surface area contributed by atoms with E-state index in [0.717, 1.165) is 12.8 Å². The third kappa shape index (κ3) is 15.1. The van der Waals surface area contributed by atoms with Gasteiger partial charge in [-0.05, 0) is 19.3 Å². The number of aliphatic hydroxyl groups excluding tert-OH is 1. The van der Waals surface area contributed by atoms with E-state index in [2.05, 4.69) is 13.0 Å². The average molecular weight is 270 g/mol. The third-order valence-corrected chi connectivity index (χ3v) is 3.07. The Labute approximate surface area is 118 Å². The first kappa shape index (κ1) is 18.2. The van der Waals surface area contributed by atoms with Crippen LogP contribution in [0.25, 0.3) is 0 Å². The zero-order valence-corrected chi connectivity index (χ0v) is 12.4. The maximum Gasteiger partial charge on any atom is 0.331 e. The van der Waals surface area contributed by atoms with E-state index in [0.29, 0.717) is 6.61 Å². The van der Waals surface area contributed by atoms with Gasteiger partial charge >= 0.3 is 5.97 Å². The standard InChI is InChI=1S/C16H30O3/c1-2-3-4-5-6-7-8-9-10-11-12-13-14-19-16(18)15-17/h11-12,17H,2-10,13-15H2,1H3/b12-11+. The molecule has 0 aliphatic carbocycles. The molecule has 0 atom stereocenters. The molecule has 0 saturated carbocycles. The lowest BCUT2D eigenvalue weighted by atomic mass is 10.1. The molecule has 0 aromatic heterocycles. The molecule has 0 aliphatic heterocycles. The molecule has 1 N–H and O–H groups in total. The second-order valence-electron chi connectivity index (χ2n) is 4.90. The van der Waals surface area contributed by atoms with Gasteiger partial charge in [0.25, 0.3) is 0 Å². The lowest BCUT2D eigenvalue weighted by Gasteiger charge is -2.00. The average Bonchev–Trinajstić information content (AvgIpc) is 2.43. The van der Waals surface area contributed by atoms with Crippen LogP contribution in [-0.4, -0.2) is 24.3 Å². The monoisotopic (exact) mass is 270 g/mol. The van der Waals surface area contributed by atoms with Crippen molar-refractivity contribution < 1.29 is 14.6 Å². The molecule has 0 amide bonds. The summed E-state index contributed by atoms with van der Waals surface area (Å²) in [6.45, 7) is 2.09. The number of hydrogen-bond acceptors (Lipinski definition) is 3. The summed E-state index contributed by atoms with van der Waals surface area (Å²) in [6.07, 6.45) is 16.8. The molecule has 3 heteroatoms. The Morgan fingerprint density at radius 2 is 1.53 bits per heavy atom. The van der Waals surface area contributed by atoms with Crippen molar-refractivity contribution in [2.45, 2.75) is 71.1 Å². The Morgan fingerprint density at radius 3 is 2.16 bits per heavy atom. The number of carbonyl (C=O) groups is 1. The topological polar surface area (TPSA) is 46.5 Å². The Balaban J connectivity index is 3.10. The number of aliphatic hydroxyl groups is 1. The highest BCUT2D eigenvalue weighted by atomic mass is 16.5. The van der Waals surface area contributed by atoms with Crippen molar-refractivity contribution in [1.82, 2.24) is 0 Å². The minimum atomic E-state index is -0.545. The van der Waals surface area contributed by atoms with Gasteiger partial charge in [-0.15, -0.1) is 0 Å². The molecule has 0 bridgehead atoms. The van der Waals surface area contributed by atoms with E-state index in [1.807, 2.05) is 6.08 Å². The predicted octanol–water partition coefficient (Wildman–Crippen LogP) is 4.00. The number of carbonyl (C=O) groups excluding carboxylic acids is 1. The lowest BCUT2D eigenvalue weighted by molar-refractivity contribution is -0.146. The number of hydrogen-bond donors (Lipinski definition) is 1. The van der Waals surface area contributed by atoms with Crippen LogP contribution in [0.2, 0.25) is 0 Å². The van der Waals surface area contributed by atoms with Crippen molar-refractivity contribution in [3.8, 4) is 0 Å². The van der Waals surface area contributed by atoms with Crippen molar-refractivity contribution in [3.05, 3.63) is 12.2 Å². The second kappa shape index (κ2) is 15.2. The van der Waals surface area contributed by atoms with E-state index in [1.165, 1.54) is 51.4 Å². The summed E-state index contributed by atoms with van der Waals surface area (Å²) in [5.74, 6) is -0.545. The van der Waals surface area contributed by atoms with Gasteiger partial charge < -0.3 is 9.84 Å². The molecule has 0 aromatic carbocycles. The molecule has 0 aromatic rings. The molecular formula is C16H30O3. The van der Waals surface area contributed by atoms with Crippen LogP contribution in [0, 0.1) is 0 Å². The van der Waals surface area contributed by atoms with Crippen molar-refractivity contribution >= 4 is 5.97 Å². The van der Waals surface area contributed by atoms with E-state index in [-0.39, 0.29) is 0 Å². The zero-order valence-electron chi connectivity index (χ0n) is 12.4. The summed E-state index contributed by atoms with van der Waals surface area (Å²) in [5.41, 5.74) is 0. The van der Waals surface area contributed by atoms with Gasteiger partial charge in [-0.25, -0.2) is 4.79 Å². The van der Waals surface area contributed by atoms with E-state index >= 15 is 0 Å². The van der Waals surface area contributed by atoms with Crippen molar-refractivity contribution in [2.24, 2.45) is 0 Å². The minimum Gasteiger partial charge on any atom is -0.464 e. The number of rotatable bonds is 13. The van der Waals surface area contributed by atoms with E-state index < -0.39 is 12.6 Å². The molecule has 0 fully saturated rings. The first-order valence-electron chi connectivity index (χ1n) is 7.72. The van der Waals surface area contributed by atoms with Gasteiger partial charge in [0.1, 0.15) is 6.61 Å². The smallest absolute Gasteiger partial charge is 0.331 e. The van der Waals surface area contributed by atoms with Crippen molar-refractivity contribution in [1.29, 1.82) is 0 Å². The molecule has 0 spiro atoms. The number of allylic oxidation sites excluding steroid dienone is 1. The minimum absolute atomic E-state index is 0.368. The summed E-state index contributed by atoms with van der Waals surface area (Å²) < 4.78 is 4.74. The maximum atomic E-state index is 10.6. The molecule has 0 heterocycles. The fraction of sp³-hybridized carbons (Fsp3) is 0.812. The van der Waals surface area contributed by atoms with Crippen LogP contribution in [-0.2, 0) is 9.53 Å². The quantitative estimate of drug-likeness (QED) is 0.312. The van der Waals surface area contributed by atoms with Crippen molar-refractivity contribution in [2.75, 3.05) is 13.2 Å². The fourth-order valence-electron chi connectivity index (χ4n) is 1.92. The highest BCUT2D eigenvalue weighted by Gasteiger charge is 1.96. The highest BCUT2D eigenvalue weighted by molar-refractivity contribution is 5.70. The highest BCUT2D eigenvalue weighted by Crippen LogP contribution is 2.09. The Bertz CT molecular complexity index is 224. The Morgan fingerprint density at radius 1 is 0.947 bits per heavy atom. The molecule has 3 nitrogen and oxygen atoms in total. The zero-order chi connectivity index (χ0) is 14.2.